The average Bonchev–Trinajstić information content (AvgIpc) is 2.37. The van der Waals surface area contributed by atoms with Crippen LogP contribution < -0.4 is 10.1 Å². The molecule has 1 aromatic heterocycles. The number of benzene rings is 1. The van der Waals surface area contributed by atoms with Gasteiger partial charge in [0.2, 0.25) is 5.88 Å². The molecule has 0 radical (unpaired) electrons. The zero-order chi connectivity index (χ0) is 15.4. The largest absolute Gasteiger partial charge is 0.439 e. The minimum atomic E-state index is -0.680. The van der Waals surface area contributed by atoms with Gasteiger partial charge in [-0.05, 0) is 24.6 Å². The van der Waals surface area contributed by atoms with Crippen molar-refractivity contribution >= 4 is 0 Å². The second-order valence-electron chi connectivity index (χ2n) is 5.13. The monoisotopic (exact) mass is 292 g/mol. The number of rotatable bonds is 5. The predicted molar refractivity (Wildman–Crippen MR) is 77.5 cm³/mol. The second kappa shape index (κ2) is 6.63. The third-order valence-electron chi connectivity index (χ3n) is 2.91. The van der Waals surface area contributed by atoms with Gasteiger partial charge in [0.1, 0.15) is 17.4 Å². The standard InChI is InChI=1S/C16H18F2N2O/c1-10(2)15-4-11(9-19-3)5-16(20-15)21-14-7-12(17)6-13(18)8-14/h4-8,10,19H,9H2,1-3H3. The van der Waals surface area contributed by atoms with E-state index in [-0.39, 0.29) is 11.7 Å². The van der Waals surface area contributed by atoms with E-state index in [2.05, 4.69) is 10.3 Å². The summed E-state index contributed by atoms with van der Waals surface area (Å²) in [4.78, 5) is 4.37. The number of hydrogen-bond acceptors (Lipinski definition) is 3. The maximum absolute atomic E-state index is 13.2. The summed E-state index contributed by atoms with van der Waals surface area (Å²) in [6.07, 6.45) is 0. The predicted octanol–water partition coefficient (Wildman–Crippen LogP) is 3.99. The lowest BCUT2D eigenvalue weighted by Gasteiger charge is -2.12. The third-order valence-corrected chi connectivity index (χ3v) is 2.91. The molecule has 0 aliphatic rings. The van der Waals surface area contributed by atoms with E-state index in [9.17, 15) is 8.78 Å². The van der Waals surface area contributed by atoms with E-state index >= 15 is 0 Å². The smallest absolute Gasteiger partial charge is 0.219 e. The Morgan fingerprint density at radius 1 is 1.10 bits per heavy atom. The molecular weight excluding hydrogens is 274 g/mol. The quantitative estimate of drug-likeness (QED) is 0.904. The van der Waals surface area contributed by atoms with E-state index in [0.717, 1.165) is 29.5 Å². The lowest BCUT2D eigenvalue weighted by atomic mass is 10.1. The summed E-state index contributed by atoms with van der Waals surface area (Å²) in [5.41, 5.74) is 1.87. The average molecular weight is 292 g/mol. The maximum atomic E-state index is 13.2. The summed E-state index contributed by atoms with van der Waals surface area (Å²) in [6, 6.07) is 6.80. The summed E-state index contributed by atoms with van der Waals surface area (Å²) < 4.78 is 31.9. The van der Waals surface area contributed by atoms with E-state index in [1.807, 2.05) is 27.0 Å². The van der Waals surface area contributed by atoms with Crippen LogP contribution in [0.1, 0.15) is 31.0 Å². The maximum Gasteiger partial charge on any atom is 0.219 e. The van der Waals surface area contributed by atoms with Crippen molar-refractivity contribution in [3.63, 3.8) is 0 Å². The minimum absolute atomic E-state index is 0.0938. The summed E-state index contributed by atoms with van der Waals surface area (Å²) >= 11 is 0. The van der Waals surface area contributed by atoms with Gasteiger partial charge in [-0.3, -0.25) is 0 Å². The highest BCUT2D eigenvalue weighted by atomic mass is 19.1. The molecule has 0 saturated heterocycles. The van der Waals surface area contributed by atoms with Gasteiger partial charge in [-0.1, -0.05) is 13.8 Å². The molecule has 2 rings (SSSR count). The van der Waals surface area contributed by atoms with Crippen LogP contribution in [0.3, 0.4) is 0 Å². The second-order valence-corrected chi connectivity index (χ2v) is 5.13. The van der Waals surface area contributed by atoms with Crippen LogP contribution in [0.15, 0.2) is 30.3 Å². The topological polar surface area (TPSA) is 34.1 Å². The molecule has 0 aliphatic carbocycles. The molecule has 0 spiro atoms. The molecule has 0 atom stereocenters. The molecule has 0 fully saturated rings. The number of nitrogens with one attached hydrogen (secondary N) is 1. The molecule has 3 nitrogen and oxygen atoms in total. The van der Waals surface area contributed by atoms with Gasteiger partial charge in [-0.2, -0.15) is 0 Å². The van der Waals surface area contributed by atoms with Gasteiger partial charge in [0.25, 0.3) is 0 Å². The summed E-state index contributed by atoms with van der Waals surface area (Å²) in [6.45, 7) is 4.71. The van der Waals surface area contributed by atoms with Gasteiger partial charge < -0.3 is 10.1 Å². The Kier molecular flexibility index (Phi) is 4.85. The molecule has 0 aliphatic heterocycles. The molecule has 112 valence electrons. The molecule has 1 N–H and O–H groups in total. The fourth-order valence-corrected chi connectivity index (χ4v) is 1.94. The van der Waals surface area contributed by atoms with Gasteiger partial charge in [0.05, 0.1) is 0 Å². The molecule has 0 unspecified atom stereocenters. The van der Waals surface area contributed by atoms with Gasteiger partial charge in [-0.15, -0.1) is 0 Å². The number of nitrogens with zero attached hydrogens (tertiary/aromatic N) is 1. The Bertz CT molecular complexity index is 609. The molecule has 0 amide bonds. The SMILES string of the molecule is CNCc1cc(Oc2cc(F)cc(F)c2)nc(C(C)C)c1. The van der Waals surface area contributed by atoms with E-state index in [1.54, 1.807) is 6.07 Å². The van der Waals surface area contributed by atoms with Crippen molar-refractivity contribution in [1.29, 1.82) is 0 Å². The summed E-state index contributed by atoms with van der Waals surface area (Å²) in [7, 11) is 1.85. The molecule has 5 heteroatoms. The van der Waals surface area contributed by atoms with Crippen molar-refractivity contribution in [2.24, 2.45) is 0 Å². The number of ether oxygens (including phenoxy) is 1. The van der Waals surface area contributed by atoms with Crippen LogP contribution in [0.25, 0.3) is 0 Å². The Morgan fingerprint density at radius 3 is 2.33 bits per heavy atom. The first-order valence-electron chi connectivity index (χ1n) is 6.77. The Hall–Kier alpha value is -2.01. The highest BCUT2D eigenvalue weighted by molar-refractivity contribution is 5.32. The van der Waals surface area contributed by atoms with Crippen LogP contribution in [0.2, 0.25) is 0 Å². The zero-order valence-corrected chi connectivity index (χ0v) is 12.3. The van der Waals surface area contributed by atoms with Crippen LogP contribution in [0.5, 0.6) is 11.6 Å². The van der Waals surface area contributed by atoms with Crippen molar-refractivity contribution in [2.75, 3.05) is 7.05 Å². The van der Waals surface area contributed by atoms with Gasteiger partial charge in [-0.25, -0.2) is 13.8 Å². The Labute approximate surface area is 123 Å². The highest BCUT2D eigenvalue weighted by Gasteiger charge is 2.09. The molecule has 21 heavy (non-hydrogen) atoms. The molecule has 1 aromatic carbocycles. The summed E-state index contributed by atoms with van der Waals surface area (Å²) in [5, 5.41) is 3.06. The molecule has 2 aromatic rings. The summed E-state index contributed by atoms with van der Waals surface area (Å²) in [5.74, 6) is -0.706. The van der Waals surface area contributed by atoms with Crippen molar-refractivity contribution < 1.29 is 13.5 Å². The van der Waals surface area contributed by atoms with E-state index in [4.69, 9.17) is 4.74 Å². The molecule has 0 saturated carbocycles. The molecular formula is C16H18F2N2O. The fourth-order valence-electron chi connectivity index (χ4n) is 1.94. The normalized spacial score (nSPS) is 11.0. The van der Waals surface area contributed by atoms with Crippen molar-refractivity contribution in [3.8, 4) is 11.6 Å². The first kappa shape index (κ1) is 15.4. The van der Waals surface area contributed by atoms with Crippen molar-refractivity contribution in [1.82, 2.24) is 10.3 Å². The number of pyridine rings is 1. The van der Waals surface area contributed by atoms with Gasteiger partial charge >= 0.3 is 0 Å². The first-order valence-corrected chi connectivity index (χ1v) is 6.77. The van der Waals surface area contributed by atoms with E-state index < -0.39 is 11.6 Å². The van der Waals surface area contributed by atoms with Crippen LogP contribution in [-0.2, 0) is 6.54 Å². The zero-order valence-electron chi connectivity index (χ0n) is 12.3. The first-order chi connectivity index (χ1) is 9.97. The highest BCUT2D eigenvalue weighted by Crippen LogP contribution is 2.25. The van der Waals surface area contributed by atoms with Crippen LogP contribution in [0.4, 0.5) is 8.78 Å². The van der Waals surface area contributed by atoms with Crippen LogP contribution >= 0.6 is 0 Å². The molecule has 0 bridgehead atoms. The van der Waals surface area contributed by atoms with Crippen LogP contribution in [0, 0.1) is 11.6 Å². The fraction of sp³-hybridized carbons (Fsp3) is 0.312. The Balaban J connectivity index is 2.33. The lowest BCUT2D eigenvalue weighted by molar-refractivity contribution is 0.447. The third kappa shape index (κ3) is 4.23. The Morgan fingerprint density at radius 2 is 1.76 bits per heavy atom. The van der Waals surface area contributed by atoms with Crippen molar-refractivity contribution in [3.05, 3.63) is 53.2 Å². The van der Waals surface area contributed by atoms with Gasteiger partial charge in [0.15, 0.2) is 0 Å². The minimum Gasteiger partial charge on any atom is -0.439 e. The van der Waals surface area contributed by atoms with Gasteiger partial charge in [0, 0.05) is 36.5 Å². The number of aromatic nitrogens is 1. The lowest BCUT2D eigenvalue weighted by Crippen LogP contribution is -2.07. The van der Waals surface area contributed by atoms with E-state index in [1.165, 1.54) is 0 Å². The molecule has 1 heterocycles. The number of hydrogen-bond donors (Lipinski definition) is 1. The van der Waals surface area contributed by atoms with Crippen LogP contribution in [-0.4, -0.2) is 12.0 Å². The number of halogens is 2. The van der Waals surface area contributed by atoms with Crippen molar-refractivity contribution in [2.45, 2.75) is 26.3 Å². The van der Waals surface area contributed by atoms with E-state index in [0.29, 0.717) is 12.4 Å².